The largest absolute Gasteiger partial charge is 0.319 e. The third kappa shape index (κ3) is 2.85. The van der Waals surface area contributed by atoms with Gasteiger partial charge in [0.05, 0.1) is 27.0 Å². The van der Waals surface area contributed by atoms with Gasteiger partial charge in [-0.25, -0.2) is 14.3 Å². The summed E-state index contributed by atoms with van der Waals surface area (Å²) in [5, 5.41) is 2.77. The van der Waals surface area contributed by atoms with Crippen LogP contribution in [0.2, 0.25) is 0 Å². The lowest BCUT2D eigenvalue weighted by atomic mass is 10.1. The zero-order chi connectivity index (χ0) is 20.8. The van der Waals surface area contributed by atoms with Crippen molar-refractivity contribution in [1.82, 2.24) is 4.98 Å². The van der Waals surface area contributed by atoms with Gasteiger partial charge in [0.2, 0.25) is 5.13 Å². The Morgan fingerprint density at radius 2 is 1.60 bits per heavy atom. The molecule has 30 heavy (non-hydrogen) atoms. The molecule has 0 atom stereocenters. The molecule has 4 aromatic rings. The number of hydrogen-bond acceptors (Lipinski definition) is 5. The fourth-order valence-corrected chi connectivity index (χ4v) is 4.27. The number of thiazole rings is 1. The number of fused-ring (bicyclic) bond motifs is 2. The van der Waals surface area contributed by atoms with Crippen molar-refractivity contribution in [2.75, 3.05) is 10.2 Å². The van der Waals surface area contributed by atoms with Crippen LogP contribution in [-0.2, 0) is 0 Å². The number of aromatic nitrogens is 1. The second kappa shape index (κ2) is 6.85. The van der Waals surface area contributed by atoms with Gasteiger partial charge in [-0.05, 0) is 42.5 Å². The van der Waals surface area contributed by atoms with E-state index in [1.54, 1.807) is 48.5 Å². The molecule has 0 unspecified atom stereocenters. The fraction of sp³-hybridized carbons (Fsp3) is 0. The van der Waals surface area contributed by atoms with Crippen molar-refractivity contribution in [3.05, 3.63) is 89.2 Å². The maximum Gasteiger partial charge on any atom is 0.268 e. The average molecular weight is 417 g/mol. The molecular formula is C22H12FN3O3S. The first-order valence-electron chi connectivity index (χ1n) is 8.97. The van der Waals surface area contributed by atoms with Crippen molar-refractivity contribution >= 4 is 50.1 Å². The lowest BCUT2D eigenvalue weighted by Crippen LogP contribution is -2.29. The Kier molecular flexibility index (Phi) is 4.14. The average Bonchev–Trinajstić information content (AvgIpc) is 3.28. The van der Waals surface area contributed by atoms with Crippen LogP contribution in [0.25, 0.3) is 10.2 Å². The normalized spacial score (nSPS) is 13.0. The fourth-order valence-electron chi connectivity index (χ4n) is 3.27. The van der Waals surface area contributed by atoms with E-state index in [0.717, 1.165) is 16.2 Å². The number of imide groups is 1. The predicted octanol–water partition coefficient (Wildman–Crippen LogP) is 4.49. The lowest BCUT2D eigenvalue weighted by molar-refractivity contribution is 0.0925. The first kappa shape index (κ1) is 18.1. The van der Waals surface area contributed by atoms with Crippen LogP contribution in [0.1, 0.15) is 31.1 Å². The van der Waals surface area contributed by atoms with Crippen LogP contribution in [0, 0.1) is 5.82 Å². The SMILES string of the molecule is O=C(Nc1ccccc1F)c1ccc2nc(N3C(=O)c4ccccc4C3=O)sc2c1. The van der Waals surface area contributed by atoms with Gasteiger partial charge in [0.15, 0.2) is 0 Å². The molecule has 1 aliphatic rings. The van der Waals surface area contributed by atoms with Crippen LogP contribution in [-0.4, -0.2) is 22.7 Å². The number of nitrogens with one attached hydrogen (secondary N) is 1. The number of nitrogens with zero attached hydrogens (tertiary/aromatic N) is 2. The summed E-state index contributed by atoms with van der Waals surface area (Å²) in [5.74, 6) is -1.85. The van der Waals surface area contributed by atoms with E-state index in [1.807, 2.05) is 0 Å². The minimum atomic E-state index is -0.530. The van der Waals surface area contributed by atoms with E-state index in [1.165, 1.54) is 18.2 Å². The second-order valence-electron chi connectivity index (χ2n) is 6.60. The van der Waals surface area contributed by atoms with Crippen LogP contribution >= 0.6 is 11.3 Å². The Balaban J connectivity index is 1.47. The molecule has 5 rings (SSSR count). The number of anilines is 2. The highest BCUT2D eigenvalue weighted by Crippen LogP contribution is 2.34. The van der Waals surface area contributed by atoms with Gasteiger partial charge in [0.25, 0.3) is 17.7 Å². The molecule has 0 aliphatic carbocycles. The first-order chi connectivity index (χ1) is 14.5. The van der Waals surface area contributed by atoms with Gasteiger partial charge >= 0.3 is 0 Å². The molecule has 2 heterocycles. The van der Waals surface area contributed by atoms with Crippen LogP contribution in [0.5, 0.6) is 0 Å². The standard InChI is InChI=1S/C22H12FN3O3S/c23-15-7-3-4-8-16(15)24-19(27)12-9-10-17-18(11-12)30-22(25-17)26-20(28)13-5-1-2-6-14(13)21(26)29/h1-11H,(H,24,27). The van der Waals surface area contributed by atoms with E-state index in [0.29, 0.717) is 26.9 Å². The van der Waals surface area contributed by atoms with Gasteiger partial charge in [-0.2, -0.15) is 0 Å². The number of amides is 3. The Labute approximate surface area is 173 Å². The first-order valence-corrected chi connectivity index (χ1v) is 9.79. The maximum atomic E-state index is 13.8. The van der Waals surface area contributed by atoms with Crippen molar-refractivity contribution < 1.29 is 18.8 Å². The number of rotatable bonds is 3. The minimum Gasteiger partial charge on any atom is -0.319 e. The molecule has 1 aromatic heterocycles. The third-order valence-corrected chi connectivity index (χ3v) is 5.75. The predicted molar refractivity (Wildman–Crippen MR) is 112 cm³/mol. The number of carbonyl (C=O) groups excluding carboxylic acids is 3. The molecule has 0 saturated heterocycles. The summed E-state index contributed by atoms with van der Waals surface area (Å²) in [6, 6.07) is 17.3. The van der Waals surface area contributed by atoms with Crippen molar-refractivity contribution in [1.29, 1.82) is 0 Å². The molecule has 0 radical (unpaired) electrons. The number of hydrogen-bond donors (Lipinski definition) is 1. The number of para-hydroxylation sites is 1. The number of halogens is 1. The summed E-state index contributed by atoms with van der Waals surface area (Å²) >= 11 is 1.13. The highest BCUT2D eigenvalue weighted by atomic mass is 32.1. The van der Waals surface area contributed by atoms with Gasteiger partial charge < -0.3 is 5.32 Å². The molecular weight excluding hydrogens is 405 g/mol. The van der Waals surface area contributed by atoms with E-state index in [-0.39, 0.29) is 10.8 Å². The van der Waals surface area contributed by atoms with E-state index in [4.69, 9.17) is 0 Å². The van der Waals surface area contributed by atoms with Crippen molar-refractivity contribution in [3.63, 3.8) is 0 Å². The van der Waals surface area contributed by atoms with Crippen molar-refractivity contribution in [2.45, 2.75) is 0 Å². The highest BCUT2D eigenvalue weighted by Gasteiger charge is 2.38. The summed E-state index contributed by atoms with van der Waals surface area (Å²) in [6.07, 6.45) is 0. The quantitative estimate of drug-likeness (QED) is 0.498. The molecule has 1 N–H and O–H groups in total. The molecule has 0 bridgehead atoms. The topological polar surface area (TPSA) is 79.4 Å². The Bertz CT molecular complexity index is 1330. The minimum absolute atomic E-state index is 0.0821. The number of carbonyl (C=O) groups is 3. The molecule has 1 aliphatic heterocycles. The van der Waals surface area contributed by atoms with Crippen LogP contribution in [0.15, 0.2) is 66.7 Å². The van der Waals surface area contributed by atoms with Gasteiger partial charge in [0, 0.05) is 5.56 Å². The van der Waals surface area contributed by atoms with E-state index >= 15 is 0 Å². The van der Waals surface area contributed by atoms with Gasteiger partial charge in [-0.3, -0.25) is 14.4 Å². The van der Waals surface area contributed by atoms with E-state index in [2.05, 4.69) is 10.3 Å². The maximum absolute atomic E-state index is 13.8. The molecule has 0 spiro atoms. The zero-order valence-corrected chi connectivity index (χ0v) is 16.1. The summed E-state index contributed by atoms with van der Waals surface area (Å²) in [5.41, 5.74) is 1.62. The summed E-state index contributed by atoms with van der Waals surface area (Å²) < 4.78 is 14.4. The molecule has 8 heteroatoms. The van der Waals surface area contributed by atoms with E-state index < -0.39 is 23.5 Å². The Morgan fingerprint density at radius 3 is 2.30 bits per heavy atom. The third-order valence-electron chi connectivity index (χ3n) is 4.75. The van der Waals surface area contributed by atoms with Crippen molar-refractivity contribution in [2.24, 2.45) is 0 Å². The molecule has 6 nitrogen and oxygen atoms in total. The molecule has 146 valence electrons. The lowest BCUT2D eigenvalue weighted by Gasteiger charge is -2.08. The smallest absolute Gasteiger partial charge is 0.268 e. The van der Waals surface area contributed by atoms with Gasteiger partial charge in [0.1, 0.15) is 5.82 Å². The molecule has 0 fully saturated rings. The highest BCUT2D eigenvalue weighted by molar-refractivity contribution is 7.22. The summed E-state index contributed by atoms with van der Waals surface area (Å²) in [4.78, 5) is 43.3. The second-order valence-corrected chi connectivity index (χ2v) is 7.61. The molecule has 0 saturated carbocycles. The van der Waals surface area contributed by atoms with E-state index in [9.17, 15) is 18.8 Å². The molecule has 3 amide bonds. The van der Waals surface area contributed by atoms with Crippen LogP contribution in [0.3, 0.4) is 0 Å². The number of benzene rings is 3. The zero-order valence-electron chi connectivity index (χ0n) is 15.3. The summed E-state index contributed by atoms with van der Waals surface area (Å²) in [7, 11) is 0. The van der Waals surface area contributed by atoms with Gasteiger partial charge in [-0.15, -0.1) is 0 Å². The monoisotopic (exact) mass is 417 g/mol. The van der Waals surface area contributed by atoms with Crippen LogP contribution < -0.4 is 10.2 Å². The van der Waals surface area contributed by atoms with Crippen molar-refractivity contribution in [3.8, 4) is 0 Å². The molecule has 3 aromatic carbocycles. The van der Waals surface area contributed by atoms with Gasteiger partial charge in [-0.1, -0.05) is 35.6 Å². The Hall–Kier alpha value is -3.91. The van der Waals surface area contributed by atoms with Crippen LogP contribution in [0.4, 0.5) is 15.2 Å². The Morgan fingerprint density at radius 1 is 0.933 bits per heavy atom. The summed E-state index contributed by atoms with van der Waals surface area (Å²) in [6.45, 7) is 0.